The van der Waals surface area contributed by atoms with Crippen molar-refractivity contribution in [1.29, 1.82) is 0 Å². The summed E-state index contributed by atoms with van der Waals surface area (Å²) in [6, 6.07) is 3.96. The van der Waals surface area contributed by atoms with Crippen LogP contribution in [0.3, 0.4) is 0 Å². The largest absolute Gasteiger partial charge is 0.355 e. The summed E-state index contributed by atoms with van der Waals surface area (Å²) in [6.07, 6.45) is 4.59. The van der Waals surface area contributed by atoms with Crippen LogP contribution in [0.25, 0.3) is 28.0 Å². The molecule has 3 aromatic heterocycles. The standard InChI is InChI=1S/C31H30Cl2F2N6O2S/c1-7-22(42)39-10-11-40(17(5)14-39)29-18-12-21(34)26(23-24(35)19(32)13-20(33)28(23)44-6)37-30(18)41(31(43)38-29)27-16(4)8-9-36-25(27)15(2)3/h7-9,12-13,15,17H,1,10-11,14H2,2-6H3/t17-/m0/s1. The number of carbonyl (C=O) groups excluding carboxylic acids is 1. The lowest BCUT2D eigenvalue weighted by molar-refractivity contribution is -0.126. The third kappa shape index (κ3) is 5.46. The number of hydrogen-bond acceptors (Lipinski definition) is 7. The number of benzene rings is 1. The van der Waals surface area contributed by atoms with Gasteiger partial charge >= 0.3 is 5.69 Å². The van der Waals surface area contributed by atoms with E-state index in [2.05, 4.69) is 21.5 Å². The summed E-state index contributed by atoms with van der Waals surface area (Å²) >= 11 is 13.7. The van der Waals surface area contributed by atoms with Crippen molar-refractivity contribution in [2.24, 2.45) is 0 Å². The van der Waals surface area contributed by atoms with Gasteiger partial charge in [0, 0.05) is 36.8 Å². The predicted octanol–water partition coefficient (Wildman–Crippen LogP) is 6.80. The second-order valence-corrected chi connectivity index (χ2v) is 12.5. The average Bonchev–Trinajstić information content (AvgIpc) is 2.98. The molecule has 0 spiro atoms. The number of thioether (sulfide) groups is 1. The van der Waals surface area contributed by atoms with Crippen molar-refractivity contribution in [3.05, 3.63) is 80.5 Å². The number of nitrogens with zero attached hydrogens (tertiary/aromatic N) is 6. The maximum Gasteiger partial charge on any atom is 0.355 e. The molecule has 0 aliphatic carbocycles. The van der Waals surface area contributed by atoms with Crippen LogP contribution in [0.1, 0.15) is 37.9 Å². The zero-order valence-corrected chi connectivity index (χ0v) is 27.1. The van der Waals surface area contributed by atoms with Gasteiger partial charge in [-0.1, -0.05) is 43.6 Å². The number of aromatic nitrogens is 4. The summed E-state index contributed by atoms with van der Waals surface area (Å²) in [5, 5.41) is 0.0835. The number of carbonyl (C=O) groups is 1. The minimum absolute atomic E-state index is 0.0637. The first kappa shape index (κ1) is 31.9. The average molecular weight is 660 g/mol. The van der Waals surface area contributed by atoms with E-state index in [1.807, 2.05) is 32.6 Å². The van der Waals surface area contributed by atoms with Crippen LogP contribution < -0.4 is 10.6 Å². The van der Waals surface area contributed by atoms with Crippen LogP contribution in [0.4, 0.5) is 14.6 Å². The zero-order chi connectivity index (χ0) is 32.0. The monoisotopic (exact) mass is 658 g/mol. The Bertz CT molecular complexity index is 1880. The Hall–Kier alpha value is -3.54. The lowest BCUT2D eigenvalue weighted by Gasteiger charge is -2.40. The second-order valence-electron chi connectivity index (χ2n) is 10.9. The number of halogens is 4. The maximum absolute atomic E-state index is 16.2. The molecule has 0 bridgehead atoms. The lowest BCUT2D eigenvalue weighted by atomic mass is 10.0. The first-order chi connectivity index (χ1) is 20.9. The number of fused-ring (bicyclic) bond motifs is 1. The molecule has 44 heavy (non-hydrogen) atoms. The van der Waals surface area contributed by atoms with Crippen LogP contribution in [0.2, 0.25) is 10.0 Å². The summed E-state index contributed by atoms with van der Waals surface area (Å²) in [6.45, 7) is 12.2. The number of aryl methyl sites for hydroxylation is 1. The van der Waals surface area contributed by atoms with Crippen LogP contribution in [0, 0.1) is 18.6 Å². The smallest absolute Gasteiger partial charge is 0.350 e. The van der Waals surface area contributed by atoms with Gasteiger partial charge in [0.25, 0.3) is 0 Å². The molecule has 1 aromatic carbocycles. The normalized spacial score (nSPS) is 15.4. The van der Waals surface area contributed by atoms with E-state index >= 15 is 8.78 Å². The molecular weight excluding hydrogens is 629 g/mol. The molecule has 230 valence electrons. The van der Waals surface area contributed by atoms with Gasteiger partial charge in [-0.25, -0.2) is 23.1 Å². The molecule has 8 nitrogen and oxygen atoms in total. The third-order valence-corrected chi connectivity index (χ3v) is 9.20. The van der Waals surface area contributed by atoms with Crippen LogP contribution in [0.5, 0.6) is 0 Å². The number of piperazine rings is 1. The molecule has 13 heteroatoms. The Morgan fingerprint density at radius 1 is 1.18 bits per heavy atom. The van der Waals surface area contributed by atoms with E-state index in [-0.39, 0.29) is 60.9 Å². The van der Waals surface area contributed by atoms with Gasteiger partial charge in [-0.2, -0.15) is 4.98 Å². The molecule has 1 aliphatic heterocycles. The van der Waals surface area contributed by atoms with E-state index in [4.69, 9.17) is 23.2 Å². The number of pyridine rings is 2. The zero-order valence-electron chi connectivity index (χ0n) is 24.8. The predicted molar refractivity (Wildman–Crippen MR) is 172 cm³/mol. The number of rotatable bonds is 6. The first-order valence-corrected chi connectivity index (χ1v) is 15.9. The van der Waals surface area contributed by atoms with Crippen molar-refractivity contribution in [3.63, 3.8) is 0 Å². The molecule has 5 rings (SSSR count). The maximum atomic E-state index is 16.2. The Labute approximate surface area is 267 Å². The molecule has 1 aliphatic rings. The summed E-state index contributed by atoms with van der Waals surface area (Å²) in [4.78, 5) is 43.7. The summed E-state index contributed by atoms with van der Waals surface area (Å²) in [7, 11) is 0. The molecule has 0 N–H and O–H groups in total. The van der Waals surface area contributed by atoms with Gasteiger partial charge in [-0.15, -0.1) is 11.8 Å². The summed E-state index contributed by atoms with van der Waals surface area (Å²) in [5.74, 6) is -1.82. The Morgan fingerprint density at radius 3 is 2.55 bits per heavy atom. The molecule has 1 saturated heterocycles. The van der Waals surface area contributed by atoms with Crippen molar-refractivity contribution in [3.8, 4) is 16.9 Å². The molecule has 1 fully saturated rings. The molecule has 0 unspecified atom stereocenters. The topological polar surface area (TPSA) is 84.2 Å². The fourth-order valence-electron chi connectivity index (χ4n) is 5.58. The highest BCUT2D eigenvalue weighted by Gasteiger charge is 2.31. The molecule has 1 amide bonds. The minimum atomic E-state index is -0.883. The van der Waals surface area contributed by atoms with Gasteiger partial charge in [0.1, 0.15) is 11.5 Å². The lowest BCUT2D eigenvalue weighted by Crippen LogP contribution is -2.54. The van der Waals surface area contributed by atoms with Crippen molar-refractivity contribution in [2.75, 3.05) is 30.8 Å². The highest BCUT2D eigenvalue weighted by Crippen LogP contribution is 2.42. The fourth-order valence-corrected chi connectivity index (χ4v) is 6.92. The van der Waals surface area contributed by atoms with Crippen molar-refractivity contribution in [1.82, 2.24) is 24.4 Å². The SMILES string of the molecule is C=CC(=O)N1CCN(c2nc(=O)n(-c3c(C)ccnc3C(C)C)c3nc(-c4c(F)c(Cl)cc(Cl)c4SC)c(F)cc23)[C@@H](C)C1. The number of hydrogen-bond donors (Lipinski definition) is 0. The molecule has 0 radical (unpaired) electrons. The van der Waals surface area contributed by atoms with E-state index in [1.54, 1.807) is 23.4 Å². The molecule has 1 atom stereocenters. The van der Waals surface area contributed by atoms with E-state index in [0.717, 1.165) is 17.3 Å². The first-order valence-electron chi connectivity index (χ1n) is 13.9. The molecule has 4 heterocycles. The van der Waals surface area contributed by atoms with Crippen LogP contribution in [0.15, 0.2) is 46.7 Å². The van der Waals surface area contributed by atoms with E-state index in [1.165, 1.54) is 22.8 Å². The quantitative estimate of drug-likeness (QED) is 0.128. The van der Waals surface area contributed by atoms with E-state index in [0.29, 0.717) is 31.0 Å². The van der Waals surface area contributed by atoms with Gasteiger partial charge in [0.2, 0.25) is 5.91 Å². The molecule has 4 aromatic rings. The van der Waals surface area contributed by atoms with Crippen molar-refractivity contribution in [2.45, 2.75) is 44.6 Å². The Kier molecular flexibility index (Phi) is 9.02. The minimum Gasteiger partial charge on any atom is -0.350 e. The van der Waals surface area contributed by atoms with Crippen LogP contribution in [-0.2, 0) is 4.79 Å². The van der Waals surface area contributed by atoms with Gasteiger partial charge in [0.05, 0.1) is 32.4 Å². The van der Waals surface area contributed by atoms with Crippen molar-refractivity contribution >= 4 is 57.7 Å². The summed E-state index contributed by atoms with van der Waals surface area (Å²) < 4.78 is 33.2. The van der Waals surface area contributed by atoms with E-state index in [9.17, 15) is 9.59 Å². The second kappa shape index (κ2) is 12.5. The summed E-state index contributed by atoms with van der Waals surface area (Å²) in [5.41, 5.74) is 0.643. The highest BCUT2D eigenvalue weighted by molar-refractivity contribution is 7.98. The van der Waals surface area contributed by atoms with Gasteiger partial charge in [-0.3, -0.25) is 9.78 Å². The van der Waals surface area contributed by atoms with Gasteiger partial charge < -0.3 is 9.80 Å². The van der Waals surface area contributed by atoms with E-state index < -0.39 is 17.3 Å². The molecular formula is C31H30Cl2F2N6O2S. The third-order valence-electron chi connectivity index (χ3n) is 7.68. The molecule has 0 saturated carbocycles. The number of amides is 1. The highest BCUT2D eigenvalue weighted by atomic mass is 35.5. The van der Waals surface area contributed by atoms with Gasteiger partial charge in [0.15, 0.2) is 17.3 Å². The van der Waals surface area contributed by atoms with Gasteiger partial charge in [-0.05, 0) is 55.9 Å². The Balaban J connectivity index is 1.87. The fraction of sp³-hybridized carbons (Fsp3) is 0.323. The van der Waals surface area contributed by atoms with Crippen molar-refractivity contribution < 1.29 is 13.6 Å². The van der Waals surface area contributed by atoms with Crippen LogP contribution in [-0.4, -0.2) is 62.3 Å². The Morgan fingerprint density at radius 2 is 1.91 bits per heavy atom. The number of anilines is 1. The van der Waals surface area contributed by atoms with Crippen LogP contribution >= 0.6 is 35.0 Å².